The highest BCUT2D eigenvalue weighted by Crippen LogP contribution is 2.28. The molecular weight excluding hydrogens is 294 g/mol. The van der Waals surface area contributed by atoms with Crippen LogP contribution in [0.5, 0.6) is 0 Å². The zero-order valence-electron chi connectivity index (χ0n) is 14.0. The van der Waals surface area contributed by atoms with Gasteiger partial charge in [0, 0.05) is 13.0 Å². The number of likely N-dealkylation sites (tertiary alicyclic amines) is 2. The summed E-state index contributed by atoms with van der Waals surface area (Å²) >= 11 is 0. The number of carbonyl (C=O) groups excluding carboxylic acids is 2. The zero-order valence-corrected chi connectivity index (χ0v) is 14.0. The van der Waals surface area contributed by atoms with Crippen LogP contribution in [-0.2, 0) is 14.3 Å². The summed E-state index contributed by atoms with van der Waals surface area (Å²) in [6.07, 6.45) is 5.27. The van der Waals surface area contributed by atoms with Crippen molar-refractivity contribution in [1.82, 2.24) is 15.1 Å². The average Bonchev–Trinajstić information content (AvgIpc) is 3.20. The lowest BCUT2D eigenvalue weighted by atomic mass is 9.84. The van der Waals surface area contributed by atoms with Crippen molar-refractivity contribution < 1.29 is 14.3 Å². The molecule has 0 aromatic carbocycles. The van der Waals surface area contributed by atoms with Crippen molar-refractivity contribution in [3.63, 3.8) is 0 Å². The SMILES string of the molecule is O=C(CN1CCC(C2CCNC2)CC1)OCCN1CCCC1=O. The molecular formula is C17H29N3O3. The zero-order chi connectivity index (χ0) is 16.1. The molecule has 3 rings (SSSR count). The third kappa shape index (κ3) is 4.67. The molecule has 1 atom stereocenters. The number of ether oxygens (including phenoxy) is 1. The van der Waals surface area contributed by atoms with Crippen molar-refractivity contribution in [2.45, 2.75) is 32.1 Å². The first-order chi connectivity index (χ1) is 11.2. The van der Waals surface area contributed by atoms with E-state index < -0.39 is 0 Å². The van der Waals surface area contributed by atoms with Crippen molar-refractivity contribution in [2.24, 2.45) is 11.8 Å². The third-order valence-electron chi connectivity index (χ3n) is 5.55. The highest BCUT2D eigenvalue weighted by molar-refractivity contribution is 5.78. The molecule has 3 fully saturated rings. The van der Waals surface area contributed by atoms with Crippen LogP contribution in [0.2, 0.25) is 0 Å². The van der Waals surface area contributed by atoms with Crippen molar-refractivity contribution >= 4 is 11.9 Å². The quantitative estimate of drug-likeness (QED) is 0.720. The molecule has 0 aliphatic carbocycles. The van der Waals surface area contributed by atoms with Crippen LogP contribution < -0.4 is 5.32 Å². The highest BCUT2D eigenvalue weighted by Gasteiger charge is 2.29. The molecule has 130 valence electrons. The average molecular weight is 323 g/mol. The van der Waals surface area contributed by atoms with Gasteiger partial charge < -0.3 is 15.0 Å². The maximum Gasteiger partial charge on any atom is 0.320 e. The molecule has 1 N–H and O–H groups in total. The van der Waals surface area contributed by atoms with Gasteiger partial charge in [0.15, 0.2) is 0 Å². The van der Waals surface area contributed by atoms with Crippen LogP contribution in [-0.4, -0.2) is 74.1 Å². The maximum absolute atomic E-state index is 11.9. The van der Waals surface area contributed by atoms with Gasteiger partial charge >= 0.3 is 5.97 Å². The number of esters is 1. The summed E-state index contributed by atoms with van der Waals surface area (Å²) in [5.74, 6) is 1.68. The Morgan fingerprint density at radius 2 is 2.00 bits per heavy atom. The fourth-order valence-electron chi connectivity index (χ4n) is 4.10. The Balaban J connectivity index is 1.29. The van der Waals surface area contributed by atoms with Gasteiger partial charge in [0.1, 0.15) is 6.61 Å². The van der Waals surface area contributed by atoms with Crippen LogP contribution in [0, 0.1) is 11.8 Å². The van der Waals surface area contributed by atoms with Crippen molar-refractivity contribution in [1.29, 1.82) is 0 Å². The van der Waals surface area contributed by atoms with E-state index in [1.165, 1.54) is 25.8 Å². The van der Waals surface area contributed by atoms with Crippen molar-refractivity contribution in [2.75, 3.05) is 52.4 Å². The second-order valence-electron chi connectivity index (χ2n) is 7.07. The summed E-state index contributed by atoms with van der Waals surface area (Å²) < 4.78 is 5.30. The van der Waals surface area contributed by atoms with Gasteiger partial charge in [-0.25, -0.2) is 0 Å². The van der Waals surface area contributed by atoms with Gasteiger partial charge in [0.05, 0.1) is 13.1 Å². The lowest BCUT2D eigenvalue weighted by molar-refractivity contribution is -0.146. The van der Waals surface area contributed by atoms with Crippen LogP contribution in [0.25, 0.3) is 0 Å². The lowest BCUT2D eigenvalue weighted by Gasteiger charge is -2.34. The van der Waals surface area contributed by atoms with Gasteiger partial charge in [-0.05, 0) is 63.7 Å². The molecule has 0 saturated carbocycles. The number of rotatable bonds is 6. The first kappa shape index (κ1) is 16.7. The summed E-state index contributed by atoms with van der Waals surface area (Å²) in [6.45, 7) is 6.40. The molecule has 3 aliphatic heterocycles. The van der Waals surface area contributed by atoms with E-state index in [1.54, 1.807) is 4.90 Å². The second kappa shape index (κ2) is 8.11. The number of piperidine rings is 1. The number of amides is 1. The van der Waals surface area contributed by atoms with Gasteiger partial charge in [0.25, 0.3) is 0 Å². The maximum atomic E-state index is 11.9. The topological polar surface area (TPSA) is 61.9 Å². The molecule has 1 unspecified atom stereocenters. The minimum absolute atomic E-state index is 0.155. The van der Waals surface area contributed by atoms with Gasteiger partial charge in [-0.2, -0.15) is 0 Å². The molecule has 23 heavy (non-hydrogen) atoms. The Labute approximate surface area is 138 Å². The van der Waals surface area contributed by atoms with E-state index >= 15 is 0 Å². The first-order valence-corrected chi connectivity index (χ1v) is 9.09. The van der Waals surface area contributed by atoms with E-state index in [0.29, 0.717) is 26.1 Å². The summed E-state index contributed by atoms with van der Waals surface area (Å²) in [5, 5.41) is 3.45. The predicted molar refractivity (Wildman–Crippen MR) is 86.9 cm³/mol. The van der Waals surface area contributed by atoms with E-state index in [-0.39, 0.29) is 11.9 Å². The van der Waals surface area contributed by atoms with Crippen molar-refractivity contribution in [3.8, 4) is 0 Å². The molecule has 3 aliphatic rings. The molecule has 0 spiro atoms. The van der Waals surface area contributed by atoms with Crippen LogP contribution in [0.15, 0.2) is 0 Å². The summed E-state index contributed by atoms with van der Waals surface area (Å²) in [6, 6.07) is 0. The number of hydrogen-bond donors (Lipinski definition) is 1. The molecule has 0 bridgehead atoms. The van der Waals surface area contributed by atoms with Crippen LogP contribution >= 0.6 is 0 Å². The van der Waals surface area contributed by atoms with E-state index in [9.17, 15) is 9.59 Å². The summed E-state index contributed by atoms with van der Waals surface area (Å²) in [7, 11) is 0. The lowest BCUT2D eigenvalue weighted by Crippen LogP contribution is -2.40. The Bertz CT molecular complexity index is 415. The molecule has 0 aromatic heterocycles. The largest absolute Gasteiger partial charge is 0.463 e. The monoisotopic (exact) mass is 323 g/mol. The van der Waals surface area contributed by atoms with E-state index in [2.05, 4.69) is 10.2 Å². The summed E-state index contributed by atoms with van der Waals surface area (Å²) in [5.41, 5.74) is 0. The smallest absolute Gasteiger partial charge is 0.320 e. The van der Waals surface area contributed by atoms with Crippen LogP contribution in [0.4, 0.5) is 0 Å². The van der Waals surface area contributed by atoms with Gasteiger partial charge in [-0.3, -0.25) is 14.5 Å². The Kier molecular flexibility index (Phi) is 5.89. The van der Waals surface area contributed by atoms with Crippen LogP contribution in [0.1, 0.15) is 32.1 Å². The molecule has 0 radical (unpaired) electrons. The van der Waals surface area contributed by atoms with Crippen LogP contribution in [0.3, 0.4) is 0 Å². The predicted octanol–water partition coefficient (Wildman–Crippen LogP) is 0.474. The number of nitrogens with zero attached hydrogens (tertiary/aromatic N) is 2. The molecule has 3 heterocycles. The molecule has 3 saturated heterocycles. The van der Waals surface area contributed by atoms with E-state index in [0.717, 1.165) is 44.4 Å². The molecule has 1 amide bonds. The Morgan fingerprint density at radius 1 is 1.17 bits per heavy atom. The standard InChI is InChI=1S/C17H29N3O3/c21-16-2-1-7-20(16)10-11-23-17(22)13-19-8-4-14(5-9-19)15-3-6-18-12-15/h14-15,18H,1-13H2. The number of carbonyl (C=O) groups is 2. The van der Waals surface area contributed by atoms with E-state index in [4.69, 9.17) is 4.74 Å². The highest BCUT2D eigenvalue weighted by atomic mass is 16.5. The normalized spacial score (nSPS) is 26.9. The molecule has 6 nitrogen and oxygen atoms in total. The Morgan fingerprint density at radius 3 is 2.65 bits per heavy atom. The second-order valence-corrected chi connectivity index (χ2v) is 7.07. The van der Waals surface area contributed by atoms with Gasteiger partial charge in [0.2, 0.25) is 5.91 Å². The van der Waals surface area contributed by atoms with Gasteiger partial charge in [-0.1, -0.05) is 0 Å². The number of hydrogen-bond acceptors (Lipinski definition) is 5. The molecule has 0 aromatic rings. The number of nitrogens with one attached hydrogen (secondary N) is 1. The first-order valence-electron chi connectivity index (χ1n) is 9.09. The van der Waals surface area contributed by atoms with Crippen molar-refractivity contribution in [3.05, 3.63) is 0 Å². The van der Waals surface area contributed by atoms with E-state index in [1.807, 2.05) is 0 Å². The molecule has 6 heteroatoms. The summed E-state index contributed by atoms with van der Waals surface area (Å²) in [4.78, 5) is 27.4. The minimum atomic E-state index is -0.155. The third-order valence-corrected chi connectivity index (χ3v) is 5.55. The van der Waals surface area contributed by atoms with Gasteiger partial charge in [-0.15, -0.1) is 0 Å². The fourth-order valence-corrected chi connectivity index (χ4v) is 4.10. The minimum Gasteiger partial charge on any atom is -0.463 e. The fraction of sp³-hybridized carbons (Fsp3) is 0.882. The Hall–Kier alpha value is -1.14.